The van der Waals surface area contributed by atoms with Gasteiger partial charge in [0.2, 0.25) is 0 Å². The first-order chi connectivity index (χ1) is 12.2. The van der Waals surface area contributed by atoms with Gasteiger partial charge in [-0.2, -0.15) is 0 Å². The molecule has 0 aliphatic carbocycles. The average Bonchev–Trinajstić information content (AvgIpc) is 3.16. The highest BCUT2D eigenvalue weighted by Crippen LogP contribution is 2.24. The molecule has 3 heterocycles. The molecule has 1 aliphatic rings. The molecule has 6 nitrogen and oxygen atoms in total. The summed E-state index contributed by atoms with van der Waals surface area (Å²) in [6, 6.07) is 12.0. The van der Waals surface area contributed by atoms with Crippen LogP contribution in [0.5, 0.6) is 5.75 Å². The maximum atomic E-state index is 12.2. The van der Waals surface area contributed by atoms with Crippen molar-refractivity contribution >= 4 is 16.9 Å². The molecule has 4 rings (SSSR count). The first-order valence-corrected chi connectivity index (χ1v) is 8.03. The average molecular weight is 337 g/mol. The van der Waals surface area contributed by atoms with Crippen molar-refractivity contribution in [1.82, 2.24) is 4.98 Å². The second kappa shape index (κ2) is 6.49. The number of hydrogen-bond donors (Lipinski definition) is 0. The zero-order chi connectivity index (χ0) is 17.2. The van der Waals surface area contributed by atoms with Crippen LogP contribution in [-0.2, 0) is 9.53 Å². The zero-order valence-corrected chi connectivity index (χ0v) is 13.3. The van der Waals surface area contributed by atoms with Gasteiger partial charge >= 0.3 is 11.6 Å². The number of rotatable bonds is 3. The first kappa shape index (κ1) is 15.5. The van der Waals surface area contributed by atoms with E-state index in [0.29, 0.717) is 35.6 Å². The molecule has 0 saturated carbocycles. The largest absolute Gasteiger partial charge is 0.424 e. The van der Waals surface area contributed by atoms with E-state index >= 15 is 0 Å². The summed E-state index contributed by atoms with van der Waals surface area (Å²) in [7, 11) is 0. The normalized spacial score (nSPS) is 16.9. The third-order valence-electron chi connectivity index (χ3n) is 4.06. The van der Waals surface area contributed by atoms with Crippen LogP contribution in [0.15, 0.2) is 57.9 Å². The van der Waals surface area contributed by atoms with Crippen LogP contribution in [0.1, 0.15) is 12.8 Å². The van der Waals surface area contributed by atoms with Crippen LogP contribution < -0.4 is 10.4 Å². The van der Waals surface area contributed by atoms with E-state index < -0.39 is 17.7 Å². The van der Waals surface area contributed by atoms with Crippen molar-refractivity contribution in [3.8, 4) is 17.0 Å². The summed E-state index contributed by atoms with van der Waals surface area (Å²) in [4.78, 5) is 28.4. The van der Waals surface area contributed by atoms with E-state index in [1.165, 1.54) is 6.07 Å². The molecule has 1 fully saturated rings. The Morgan fingerprint density at radius 2 is 2.12 bits per heavy atom. The first-order valence-electron chi connectivity index (χ1n) is 8.03. The van der Waals surface area contributed by atoms with Crippen molar-refractivity contribution in [1.29, 1.82) is 0 Å². The van der Waals surface area contributed by atoms with Crippen LogP contribution in [0.4, 0.5) is 0 Å². The summed E-state index contributed by atoms with van der Waals surface area (Å²) >= 11 is 0. The molecule has 1 atom stereocenters. The van der Waals surface area contributed by atoms with E-state index in [-0.39, 0.29) is 0 Å². The van der Waals surface area contributed by atoms with E-state index in [4.69, 9.17) is 13.9 Å². The van der Waals surface area contributed by atoms with Crippen LogP contribution in [0.25, 0.3) is 22.2 Å². The van der Waals surface area contributed by atoms with Gasteiger partial charge in [-0.3, -0.25) is 4.98 Å². The van der Waals surface area contributed by atoms with Crippen LogP contribution in [0.2, 0.25) is 0 Å². The topological polar surface area (TPSA) is 78.6 Å². The fraction of sp³-hybridized carbons (Fsp3) is 0.211. The Bertz CT molecular complexity index is 974. The summed E-state index contributed by atoms with van der Waals surface area (Å²) in [5.74, 6) is -0.106. The van der Waals surface area contributed by atoms with Crippen LogP contribution in [-0.4, -0.2) is 23.7 Å². The van der Waals surface area contributed by atoms with Gasteiger partial charge in [-0.1, -0.05) is 6.07 Å². The SMILES string of the molecule is O=C(Oc1ccc2cc(-c3ccccn3)c(=O)oc2c1)C1CCCO1. The number of hydrogen-bond acceptors (Lipinski definition) is 6. The Hall–Kier alpha value is -2.99. The lowest BCUT2D eigenvalue weighted by Gasteiger charge is -2.09. The van der Waals surface area contributed by atoms with Crippen molar-refractivity contribution in [3.05, 3.63) is 59.1 Å². The molecule has 0 amide bonds. The maximum absolute atomic E-state index is 12.2. The van der Waals surface area contributed by atoms with Gasteiger partial charge in [-0.05, 0) is 43.2 Å². The van der Waals surface area contributed by atoms with E-state index in [0.717, 1.165) is 11.8 Å². The number of ether oxygens (including phenoxy) is 2. The van der Waals surface area contributed by atoms with Gasteiger partial charge in [0, 0.05) is 24.3 Å². The lowest BCUT2D eigenvalue weighted by Crippen LogP contribution is -2.24. The highest BCUT2D eigenvalue weighted by Gasteiger charge is 2.25. The molecule has 0 radical (unpaired) electrons. The van der Waals surface area contributed by atoms with Gasteiger partial charge in [-0.15, -0.1) is 0 Å². The molecule has 1 saturated heterocycles. The predicted octanol–water partition coefficient (Wildman–Crippen LogP) is 2.94. The quantitative estimate of drug-likeness (QED) is 0.415. The standard InChI is InChI=1S/C19H15NO5/c21-18-14(15-4-1-2-8-20-15)10-12-6-7-13(11-17(12)25-18)24-19(22)16-5-3-9-23-16/h1-2,4,6-8,10-11,16H,3,5,9H2. The molecular formula is C19H15NO5. The summed E-state index contributed by atoms with van der Waals surface area (Å²) in [5, 5.41) is 0.720. The third-order valence-corrected chi connectivity index (χ3v) is 4.06. The summed E-state index contributed by atoms with van der Waals surface area (Å²) in [6.45, 7) is 0.572. The molecule has 126 valence electrons. The summed E-state index contributed by atoms with van der Waals surface area (Å²) < 4.78 is 16.0. The minimum Gasteiger partial charge on any atom is -0.424 e. The molecule has 0 N–H and O–H groups in total. The minimum atomic E-state index is -0.519. The number of carbonyl (C=O) groups excluding carboxylic acids is 1. The van der Waals surface area contributed by atoms with Crippen molar-refractivity contribution in [2.75, 3.05) is 6.61 Å². The number of pyridine rings is 1. The smallest absolute Gasteiger partial charge is 0.345 e. The maximum Gasteiger partial charge on any atom is 0.345 e. The van der Waals surface area contributed by atoms with E-state index in [1.807, 2.05) is 0 Å². The number of aromatic nitrogens is 1. The minimum absolute atomic E-state index is 0.321. The predicted molar refractivity (Wildman–Crippen MR) is 90.3 cm³/mol. The Labute approximate surface area is 143 Å². The van der Waals surface area contributed by atoms with Gasteiger partial charge in [0.25, 0.3) is 0 Å². The van der Waals surface area contributed by atoms with Crippen LogP contribution in [0.3, 0.4) is 0 Å². The van der Waals surface area contributed by atoms with E-state index in [2.05, 4.69) is 4.98 Å². The highest BCUT2D eigenvalue weighted by atomic mass is 16.6. The number of nitrogens with zero attached hydrogens (tertiary/aromatic N) is 1. The number of carbonyl (C=O) groups is 1. The number of esters is 1. The third kappa shape index (κ3) is 3.16. The monoisotopic (exact) mass is 337 g/mol. The second-order valence-electron chi connectivity index (χ2n) is 5.78. The summed E-state index contributed by atoms with van der Waals surface area (Å²) in [6.07, 6.45) is 2.61. The van der Waals surface area contributed by atoms with Gasteiger partial charge in [0.05, 0.1) is 11.3 Å². The Balaban J connectivity index is 1.65. The van der Waals surface area contributed by atoms with Crippen molar-refractivity contribution < 1.29 is 18.7 Å². The van der Waals surface area contributed by atoms with Crippen molar-refractivity contribution in [2.24, 2.45) is 0 Å². The van der Waals surface area contributed by atoms with Crippen LogP contribution >= 0.6 is 0 Å². The van der Waals surface area contributed by atoms with E-state index in [9.17, 15) is 9.59 Å². The molecule has 6 heteroatoms. The highest BCUT2D eigenvalue weighted by molar-refractivity contribution is 5.84. The van der Waals surface area contributed by atoms with Gasteiger partial charge in [-0.25, -0.2) is 9.59 Å². The zero-order valence-electron chi connectivity index (χ0n) is 13.3. The van der Waals surface area contributed by atoms with Gasteiger partial charge in [0.1, 0.15) is 11.3 Å². The van der Waals surface area contributed by atoms with Gasteiger partial charge < -0.3 is 13.9 Å². The van der Waals surface area contributed by atoms with Gasteiger partial charge in [0.15, 0.2) is 6.10 Å². The lowest BCUT2D eigenvalue weighted by atomic mass is 10.1. The van der Waals surface area contributed by atoms with E-state index in [1.54, 1.807) is 42.6 Å². The molecule has 2 aromatic heterocycles. The molecule has 3 aromatic rings. The Morgan fingerprint density at radius 3 is 2.88 bits per heavy atom. The Kier molecular flexibility index (Phi) is 4.03. The fourth-order valence-electron chi connectivity index (χ4n) is 2.80. The molecule has 0 spiro atoms. The number of fused-ring (bicyclic) bond motifs is 1. The molecular weight excluding hydrogens is 322 g/mol. The lowest BCUT2D eigenvalue weighted by molar-refractivity contribution is -0.144. The van der Waals surface area contributed by atoms with Crippen LogP contribution in [0, 0.1) is 0 Å². The Morgan fingerprint density at radius 1 is 1.20 bits per heavy atom. The van der Waals surface area contributed by atoms with Crippen molar-refractivity contribution in [2.45, 2.75) is 18.9 Å². The molecule has 1 unspecified atom stereocenters. The second-order valence-corrected chi connectivity index (χ2v) is 5.78. The van der Waals surface area contributed by atoms with Crippen molar-refractivity contribution in [3.63, 3.8) is 0 Å². The molecule has 1 aliphatic heterocycles. The molecule has 0 bridgehead atoms. The fourth-order valence-corrected chi connectivity index (χ4v) is 2.80. The summed E-state index contributed by atoms with van der Waals surface area (Å²) in [5.41, 5.74) is 0.792. The molecule has 1 aromatic carbocycles. The number of benzene rings is 1. The molecule has 25 heavy (non-hydrogen) atoms.